The van der Waals surface area contributed by atoms with E-state index in [1.807, 2.05) is 36.4 Å². The van der Waals surface area contributed by atoms with E-state index in [1.54, 1.807) is 31.4 Å². The van der Waals surface area contributed by atoms with E-state index in [-0.39, 0.29) is 5.91 Å². The van der Waals surface area contributed by atoms with Crippen LogP contribution in [0.2, 0.25) is 0 Å². The molecule has 1 amide bonds. The quantitative estimate of drug-likeness (QED) is 0.834. The van der Waals surface area contributed by atoms with Crippen LogP contribution in [0.25, 0.3) is 6.08 Å². The van der Waals surface area contributed by atoms with Gasteiger partial charge in [-0.3, -0.25) is 9.59 Å². The van der Waals surface area contributed by atoms with Gasteiger partial charge in [-0.25, -0.2) is 0 Å². The van der Waals surface area contributed by atoms with Gasteiger partial charge in [0.25, 0.3) is 5.91 Å². The van der Waals surface area contributed by atoms with Gasteiger partial charge in [0, 0.05) is 17.7 Å². The van der Waals surface area contributed by atoms with Crippen LogP contribution in [0.1, 0.15) is 26.3 Å². The second-order valence-corrected chi connectivity index (χ2v) is 4.59. The third-order valence-corrected chi connectivity index (χ3v) is 3.14. The molecule has 2 aromatic carbocycles. The summed E-state index contributed by atoms with van der Waals surface area (Å²) in [7, 11) is 1.62. The van der Waals surface area contributed by atoms with Crippen LogP contribution < -0.4 is 10.1 Å². The molecule has 0 aliphatic rings. The highest BCUT2D eigenvalue weighted by Gasteiger charge is 2.08. The molecule has 1 N–H and O–H groups in total. The first-order valence-electron chi connectivity index (χ1n) is 6.87. The number of amides is 1. The number of rotatable bonds is 6. The lowest BCUT2D eigenvalue weighted by Crippen LogP contribution is -2.24. The fourth-order valence-electron chi connectivity index (χ4n) is 1.96. The van der Waals surface area contributed by atoms with Crippen molar-refractivity contribution in [1.29, 1.82) is 0 Å². The molecule has 4 heteroatoms. The molecule has 0 unspecified atom stereocenters. The zero-order valence-electron chi connectivity index (χ0n) is 12.3. The number of hydrogen-bond acceptors (Lipinski definition) is 3. The molecule has 4 nitrogen and oxygen atoms in total. The Morgan fingerprint density at radius 1 is 1.14 bits per heavy atom. The van der Waals surface area contributed by atoms with Crippen LogP contribution in [0.4, 0.5) is 0 Å². The monoisotopic (exact) mass is 295 g/mol. The van der Waals surface area contributed by atoms with E-state index in [2.05, 4.69) is 5.32 Å². The highest BCUT2D eigenvalue weighted by Crippen LogP contribution is 2.12. The Hall–Kier alpha value is -2.88. The van der Waals surface area contributed by atoms with Gasteiger partial charge in [0.2, 0.25) is 0 Å². The van der Waals surface area contributed by atoms with Crippen LogP contribution in [0.15, 0.2) is 54.6 Å². The molecule has 0 heterocycles. The van der Waals surface area contributed by atoms with Crippen molar-refractivity contribution >= 4 is 18.3 Å². The lowest BCUT2D eigenvalue weighted by Gasteiger charge is -2.04. The smallest absolute Gasteiger partial charge is 0.252 e. The molecule has 0 aliphatic heterocycles. The summed E-state index contributed by atoms with van der Waals surface area (Å²) in [6.07, 6.45) is 4.44. The van der Waals surface area contributed by atoms with Crippen molar-refractivity contribution in [3.05, 3.63) is 71.3 Å². The lowest BCUT2D eigenvalue weighted by molar-refractivity contribution is 0.0952. The Morgan fingerprint density at radius 3 is 2.55 bits per heavy atom. The minimum atomic E-state index is -0.262. The maximum absolute atomic E-state index is 12.0. The van der Waals surface area contributed by atoms with Crippen LogP contribution >= 0.6 is 0 Å². The van der Waals surface area contributed by atoms with Crippen molar-refractivity contribution in [3.63, 3.8) is 0 Å². The van der Waals surface area contributed by atoms with Gasteiger partial charge in [0.15, 0.2) is 6.29 Å². The van der Waals surface area contributed by atoms with E-state index >= 15 is 0 Å². The first kappa shape index (κ1) is 15.5. The van der Waals surface area contributed by atoms with Gasteiger partial charge in [-0.1, -0.05) is 42.5 Å². The molecule has 0 fully saturated rings. The Bertz CT molecular complexity index is 675. The molecule has 0 saturated carbocycles. The molecular formula is C18H17NO3. The topological polar surface area (TPSA) is 55.4 Å². The highest BCUT2D eigenvalue weighted by molar-refractivity contribution is 6.01. The Kier molecular flexibility index (Phi) is 5.49. The Labute approximate surface area is 129 Å². The van der Waals surface area contributed by atoms with Gasteiger partial charge in [0.05, 0.1) is 7.11 Å². The summed E-state index contributed by atoms with van der Waals surface area (Å²) in [5.74, 6) is 0.540. The van der Waals surface area contributed by atoms with E-state index in [0.29, 0.717) is 24.0 Å². The molecule has 0 saturated heterocycles. The molecule has 22 heavy (non-hydrogen) atoms. The Morgan fingerprint density at radius 2 is 1.86 bits per heavy atom. The molecule has 0 radical (unpaired) electrons. The number of benzene rings is 2. The second-order valence-electron chi connectivity index (χ2n) is 4.59. The summed E-state index contributed by atoms with van der Waals surface area (Å²) in [6, 6.07) is 14.3. The van der Waals surface area contributed by atoms with E-state index < -0.39 is 0 Å². The minimum absolute atomic E-state index is 0.262. The minimum Gasteiger partial charge on any atom is -0.497 e. The fourth-order valence-corrected chi connectivity index (χ4v) is 1.96. The summed E-state index contributed by atoms with van der Waals surface area (Å²) in [5.41, 5.74) is 1.79. The fraction of sp³-hybridized carbons (Fsp3) is 0.111. The van der Waals surface area contributed by atoms with Gasteiger partial charge in [-0.05, 0) is 23.8 Å². The summed E-state index contributed by atoms with van der Waals surface area (Å²) in [5, 5.41) is 2.76. The molecule has 0 atom stereocenters. The number of hydrogen-bond donors (Lipinski definition) is 1. The molecule has 0 bridgehead atoms. The van der Waals surface area contributed by atoms with Crippen molar-refractivity contribution in [1.82, 2.24) is 5.32 Å². The van der Waals surface area contributed by atoms with E-state index in [1.165, 1.54) is 0 Å². The summed E-state index contributed by atoms with van der Waals surface area (Å²) in [6.45, 7) is 0.387. The SMILES string of the molecule is COc1ccc(/C=C/CNC(=O)c2ccccc2C=O)cc1. The lowest BCUT2D eigenvalue weighted by atomic mass is 10.1. The van der Waals surface area contributed by atoms with Crippen LogP contribution in [-0.2, 0) is 0 Å². The predicted molar refractivity (Wildman–Crippen MR) is 86.2 cm³/mol. The molecule has 112 valence electrons. The van der Waals surface area contributed by atoms with E-state index in [0.717, 1.165) is 11.3 Å². The van der Waals surface area contributed by atoms with Gasteiger partial charge in [-0.15, -0.1) is 0 Å². The molecule has 0 aliphatic carbocycles. The molecule has 0 spiro atoms. The van der Waals surface area contributed by atoms with Gasteiger partial charge >= 0.3 is 0 Å². The molecule has 2 aromatic rings. The maximum atomic E-state index is 12.0. The maximum Gasteiger partial charge on any atom is 0.252 e. The molecule has 2 rings (SSSR count). The van der Waals surface area contributed by atoms with Crippen molar-refractivity contribution in [2.75, 3.05) is 13.7 Å². The molecule has 0 aromatic heterocycles. The first-order valence-corrected chi connectivity index (χ1v) is 6.87. The van der Waals surface area contributed by atoms with E-state index in [9.17, 15) is 9.59 Å². The first-order chi connectivity index (χ1) is 10.7. The standard InChI is InChI=1S/C18H17NO3/c1-22-16-10-8-14(9-11-16)5-4-12-19-18(21)17-7-3-2-6-15(17)13-20/h2-11,13H,12H2,1H3,(H,19,21)/b5-4+. The third-order valence-electron chi connectivity index (χ3n) is 3.14. The average Bonchev–Trinajstić information content (AvgIpc) is 2.59. The van der Waals surface area contributed by atoms with Crippen molar-refractivity contribution in [2.45, 2.75) is 0 Å². The second kappa shape index (κ2) is 7.78. The predicted octanol–water partition coefficient (Wildman–Crippen LogP) is 2.95. The number of methoxy groups -OCH3 is 1. The number of carbonyl (C=O) groups excluding carboxylic acids is 2. The zero-order valence-corrected chi connectivity index (χ0v) is 12.3. The summed E-state index contributed by atoms with van der Waals surface area (Å²) in [4.78, 5) is 22.9. The highest BCUT2D eigenvalue weighted by atomic mass is 16.5. The normalized spacial score (nSPS) is 10.4. The van der Waals surface area contributed by atoms with Crippen molar-refractivity contribution in [2.24, 2.45) is 0 Å². The van der Waals surface area contributed by atoms with Gasteiger partial charge < -0.3 is 10.1 Å². The van der Waals surface area contributed by atoms with Crippen LogP contribution in [0.5, 0.6) is 5.75 Å². The van der Waals surface area contributed by atoms with Crippen molar-refractivity contribution in [3.8, 4) is 5.75 Å². The third kappa shape index (κ3) is 4.06. The van der Waals surface area contributed by atoms with Crippen LogP contribution in [0.3, 0.4) is 0 Å². The number of carbonyl (C=O) groups is 2. The van der Waals surface area contributed by atoms with E-state index in [4.69, 9.17) is 4.74 Å². The van der Waals surface area contributed by atoms with Gasteiger partial charge in [0.1, 0.15) is 5.75 Å². The van der Waals surface area contributed by atoms with Crippen LogP contribution in [-0.4, -0.2) is 25.8 Å². The largest absolute Gasteiger partial charge is 0.497 e. The number of nitrogens with one attached hydrogen (secondary N) is 1. The molecular weight excluding hydrogens is 278 g/mol. The summed E-state index contributed by atoms with van der Waals surface area (Å²) < 4.78 is 5.09. The van der Waals surface area contributed by atoms with Gasteiger partial charge in [-0.2, -0.15) is 0 Å². The Balaban J connectivity index is 1.91. The average molecular weight is 295 g/mol. The number of ether oxygens (including phenoxy) is 1. The number of aldehydes is 1. The van der Waals surface area contributed by atoms with Crippen LogP contribution in [0, 0.1) is 0 Å². The van der Waals surface area contributed by atoms with Crippen molar-refractivity contribution < 1.29 is 14.3 Å². The zero-order chi connectivity index (χ0) is 15.8. The summed E-state index contributed by atoms with van der Waals surface area (Å²) >= 11 is 0.